The molecule has 2 aromatic rings. The Morgan fingerprint density at radius 2 is 2.20 bits per heavy atom. The van der Waals surface area contributed by atoms with Crippen molar-refractivity contribution in [2.75, 3.05) is 32.0 Å². The third-order valence-electron chi connectivity index (χ3n) is 4.29. The van der Waals surface area contributed by atoms with E-state index < -0.39 is 6.04 Å². The molecule has 25 heavy (non-hydrogen) atoms. The van der Waals surface area contributed by atoms with Gasteiger partial charge in [0.1, 0.15) is 12.3 Å². The Kier molecular flexibility index (Phi) is 4.84. The number of rotatable bonds is 4. The van der Waals surface area contributed by atoms with Crippen LogP contribution >= 0.6 is 0 Å². The Labute approximate surface area is 145 Å². The average Bonchev–Trinajstić information content (AvgIpc) is 3.23. The van der Waals surface area contributed by atoms with Gasteiger partial charge in [0.25, 0.3) is 5.91 Å². The number of nitrogens with one attached hydrogen (secondary N) is 1. The molecule has 1 N–H and O–H groups in total. The molecule has 1 saturated heterocycles. The highest BCUT2D eigenvalue weighted by molar-refractivity contribution is 5.96. The Hall–Kier alpha value is -2.68. The minimum Gasteiger partial charge on any atom is -0.448 e. The normalized spacial score (nSPS) is 18.4. The highest BCUT2D eigenvalue weighted by atomic mass is 16.3. The molecule has 2 amide bonds. The van der Waals surface area contributed by atoms with E-state index in [0.717, 1.165) is 6.54 Å². The molecule has 1 atom stereocenters. The fourth-order valence-electron chi connectivity index (χ4n) is 2.78. The smallest absolute Gasteiger partial charge is 0.275 e. The van der Waals surface area contributed by atoms with Crippen molar-refractivity contribution in [1.82, 2.24) is 24.6 Å². The van der Waals surface area contributed by atoms with Crippen LogP contribution in [0.25, 0.3) is 0 Å². The lowest BCUT2D eigenvalue weighted by Crippen LogP contribution is -2.57. The van der Waals surface area contributed by atoms with E-state index in [4.69, 9.17) is 4.42 Å². The first-order chi connectivity index (χ1) is 12.0. The van der Waals surface area contributed by atoms with Crippen LogP contribution in [0, 0.1) is 6.92 Å². The molecule has 0 saturated carbocycles. The quantitative estimate of drug-likeness (QED) is 0.871. The predicted molar refractivity (Wildman–Crippen MR) is 90.1 cm³/mol. The standard InChI is InChI=1S/C16H22N6O3/c1-4-22-6-5-14(19-22)18-15(23)13-9-21(8-7-20(13)3)16(24)12-10-25-11(2)17-12/h5-6,10,13H,4,7-9H2,1-3H3,(H,18,19,23). The lowest BCUT2D eigenvalue weighted by molar-refractivity contribution is -0.122. The van der Waals surface area contributed by atoms with Crippen LogP contribution in [0.2, 0.25) is 0 Å². The number of aryl methyl sites for hydroxylation is 2. The highest BCUT2D eigenvalue weighted by Crippen LogP contribution is 2.14. The summed E-state index contributed by atoms with van der Waals surface area (Å²) in [5.41, 5.74) is 0.267. The minimum absolute atomic E-state index is 0.183. The van der Waals surface area contributed by atoms with Crippen LogP contribution in [0.15, 0.2) is 22.9 Å². The van der Waals surface area contributed by atoms with Gasteiger partial charge in [-0.05, 0) is 14.0 Å². The molecule has 1 fully saturated rings. The molecule has 3 rings (SSSR count). The van der Waals surface area contributed by atoms with E-state index in [9.17, 15) is 9.59 Å². The molecule has 9 heteroatoms. The first-order valence-electron chi connectivity index (χ1n) is 8.24. The average molecular weight is 346 g/mol. The van der Waals surface area contributed by atoms with E-state index in [1.165, 1.54) is 6.26 Å². The second-order valence-electron chi connectivity index (χ2n) is 6.05. The van der Waals surface area contributed by atoms with Gasteiger partial charge in [0.05, 0.1) is 0 Å². The van der Waals surface area contributed by atoms with Gasteiger partial charge in [-0.25, -0.2) is 4.98 Å². The number of aromatic nitrogens is 3. The van der Waals surface area contributed by atoms with Gasteiger partial charge in [0.2, 0.25) is 5.91 Å². The fraction of sp³-hybridized carbons (Fsp3) is 0.500. The third kappa shape index (κ3) is 3.71. The largest absolute Gasteiger partial charge is 0.448 e. The highest BCUT2D eigenvalue weighted by Gasteiger charge is 2.33. The minimum atomic E-state index is -0.447. The molecular formula is C16H22N6O3. The summed E-state index contributed by atoms with van der Waals surface area (Å²) in [6.45, 7) is 5.83. The lowest BCUT2D eigenvalue weighted by atomic mass is 10.1. The summed E-state index contributed by atoms with van der Waals surface area (Å²) in [4.78, 5) is 32.8. The number of piperazine rings is 1. The zero-order valence-electron chi connectivity index (χ0n) is 14.6. The van der Waals surface area contributed by atoms with Gasteiger partial charge in [-0.2, -0.15) is 5.10 Å². The van der Waals surface area contributed by atoms with E-state index in [0.29, 0.717) is 31.3 Å². The summed E-state index contributed by atoms with van der Waals surface area (Å²) in [5.74, 6) is 0.546. The van der Waals surface area contributed by atoms with Gasteiger partial charge < -0.3 is 14.6 Å². The second kappa shape index (κ2) is 7.06. The van der Waals surface area contributed by atoms with Crippen LogP contribution in [0.4, 0.5) is 5.82 Å². The van der Waals surface area contributed by atoms with Gasteiger partial charge in [0, 0.05) is 45.4 Å². The Balaban J connectivity index is 1.67. The van der Waals surface area contributed by atoms with Crippen molar-refractivity contribution in [3.8, 4) is 0 Å². The maximum absolute atomic E-state index is 12.6. The number of carbonyl (C=O) groups excluding carboxylic acids is 2. The van der Waals surface area contributed by atoms with Crippen LogP contribution in [0.1, 0.15) is 23.3 Å². The molecule has 1 unspecified atom stereocenters. The number of hydrogen-bond donors (Lipinski definition) is 1. The zero-order chi connectivity index (χ0) is 18.0. The molecule has 134 valence electrons. The van der Waals surface area contributed by atoms with E-state index >= 15 is 0 Å². The Morgan fingerprint density at radius 1 is 1.40 bits per heavy atom. The van der Waals surface area contributed by atoms with Crippen molar-refractivity contribution in [3.63, 3.8) is 0 Å². The van der Waals surface area contributed by atoms with Crippen LogP contribution in [-0.4, -0.2) is 69.1 Å². The summed E-state index contributed by atoms with van der Waals surface area (Å²) >= 11 is 0. The number of hydrogen-bond acceptors (Lipinski definition) is 6. The summed E-state index contributed by atoms with van der Waals surface area (Å²) in [7, 11) is 1.87. The van der Waals surface area contributed by atoms with Crippen molar-refractivity contribution < 1.29 is 14.0 Å². The molecular weight excluding hydrogens is 324 g/mol. The number of amides is 2. The van der Waals surface area contributed by atoms with Gasteiger partial charge in [-0.1, -0.05) is 0 Å². The molecule has 2 aromatic heterocycles. The van der Waals surface area contributed by atoms with Crippen LogP contribution in [-0.2, 0) is 11.3 Å². The molecule has 0 bridgehead atoms. The first kappa shape index (κ1) is 17.2. The Morgan fingerprint density at radius 3 is 2.84 bits per heavy atom. The van der Waals surface area contributed by atoms with Crippen molar-refractivity contribution in [3.05, 3.63) is 30.1 Å². The van der Waals surface area contributed by atoms with Crippen LogP contribution in [0.5, 0.6) is 0 Å². The van der Waals surface area contributed by atoms with Crippen molar-refractivity contribution >= 4 is 17.6 Å². The molecule has 1 aliphatic heterocycles. The molecule has 0 aliphatic carbocycles. The summed E-state index contributed by atoms with van der Waals surface area (Å²) in [6, 6.07) is 1.31. The first-order valence-corrected chi connectivity index (χ1v) is 8.24. The number of nitrogens with zero attached hydrogens (tertiary/aromatic N) is 5. The third-order valence-corrected chi connectivity index (χ3v) is 4.29. The maximum Gasteiger partial charge on any atom is 0.275 e. The van der Waals surface area contributed by atoms with E-state index in [1.807, 2.05) is 25.1 Å². The molecule has 0 spiro atoms. The molecule has 0 radical (unpaired) electrons. The zero-order valence-corrected chi connectivity index (χ0v) is 14.6. The summed E-state index contributed by atoms with van der Waals surface area (Å²) < 4.78 is 6.84. The van der Waals surface area contributed by atoms with Gasteiger partial charge in [-0.3, -0.25) is 19.2 Å². The Bertz CT molecular complexity index is 768. The number of carbonyl (C=O) groups is 2. The molecule has 0 aromatic carbocycles. The topological polar surface area (TPSA) is 96.5 Å². The van der Waals surface area contributed by atoms with Crippen molar-refractivity contribution in [2.24, 2.45) is 0 Å². The number of likely N-dealkylation sites (N-methyl/N-ethyl adjacent to an activating group) is 1. The maximum atomic E-state index is 12.6. The van der Waals surface area contributed by atoms with Crippen LogP contribution in [0.3, 0.4) is 0 Å². The lowest BCUT2D eigenvalue weighted by Gasteiger charge is -2.38. The fourth-order valence-corrected chi connectivity index (χ4v) is 2.78. The van der Waals surface area contributed by atoms with Crippen molar-refractivity contribution in [1.29, 1.82) is 0 Å². The second-order valence-corrected chi connectivity index (χ2v) is 6.05. The van der Waals surface area contributed by atoms with E-state index in [1.54, 1.807) is 22.6 Å². The SMILES string of the molecule is CCn1ccc(NC(=O)C2CN(C(=O)c3coc(C)n3)CCN2C)n1. The summed E-state index contributed by atoms with van der Waals surface area (Å²) in [5, 5.41) is 7.07. The number of oxazole rings is 1. The van der Waals surface area contributed by atoms with E-state index in [-0.39, 0.29) is 17.5 Å². The molecule has 1 aliphatic rings. The van der Waals surface area contributed by atoms with Crippen LogP contribution < -0.4 is 5.32 Å². The van der Waals surface area contributed by atoms with Gasteiger partial charge >= 0.3 is 0 Å². The summed E-state index contributed by atoms with van der Waals surface area (Å²) in [6.07, 6.45) is 3.16. The van der Waals surface area contributed by atoms with Crippen molar-refractivity contribution in [2.45, 2.75) is 26.4 Å². The monoisotopic (exact) mass is 346 g/mol. The molecule has 3 heterocycles. The predicted octanol–water partition coefficient (Wildman–Crippen LogP) is 0.594. The van der Waals surface area contributed by atoms with Gasteiger partial charge in [-0.15, -0.1) is 0 Å². The number of anilines is 1. The van der Waals surface area contributed by atoms with Gasteiger partial charge in [0.15, 0.2) is 17.4 Å². The van der Waals surface area contributed by atoms with E-state index in [2.05, 4.69) is 15.4 Å². The molecule has 9 nitrogen and oxygen atoms in total.